The van der Waals surface area contributed by atoms with E-state index in [1.54, 1.807) is 11.6 Å². The second kappa shape index (κ2) is 11.3. The number of esters is 1. The van der Waals surface area contributed by atoms with E-state index >= 15 is 0 Å². The van der Waals surface area contributed by atoms with Gasteiger partial charge in [0.1, 0.15) is 12.1 Å². The summed E-state index contributed by atoms with van der Waals surface area (Å²) in [5, 5.41) is 12.0. The van der Waals surface area contributed by atoms with Gasteiger partial charge in [-0.2, -0.15) is 0 Å². The van der Waals surface area contributed by atoms with Gasteiger partial charge in [-0.1, -0.05) is 40.7 Å². The third-order valence-electron chi connectivity index (χ3n) is 5.39. The maximum absolute atomic E-state index is 13.2. The van der Waals surface area contributed by atoms with Crippen molar-refractivity contribution in [3.05, 3.63) is 12.7 Å². The summed E-state index contributed by atoms with van der Waals surface area (Å²) in [6, 6.07) is -0.827. The first-order chi connectivity index (χ1) is 13.5. The van der Waals surface area contributed by atoms with Crippen molar-refractivity contribution in [1.82, 2.24) is 10.8 Å². The third kappa shape index (κ3) is 7.80. The Hall–Kier alpha value is -1.89. The van der Waals surface area contributed by atoms with Crippen molar-refractivity contribution in [2.75, 3.05) is 0 Å². The number of ether oxygens (including phenoxy) is 1. The summed E-state index contributed by atoms with van der Waals surface area (Å²) in [6.45, 7) is 13.2. The van der Waals surface area contributed by atoms with Crippen LogP contribution in [-0.4, -0.2) is 35.1 Å². The van der Waals surface area contributed by atoms with Gasteiger partial charge in [0.05, 0.1) is 11.8 Å². The molecule has 0 radical (unpaired) electrons. The Morgan fingerprint density at radius 3 is 2.17 bits per heavy atom. The summed E-state index contributed by atoms with van der Waals surface area (Å²) in [6.07, 6.45) is 5.92. The molecule has 7 heteroatoms. The molecule has 0 aliphatic heterocycles. The quantitative estimate of drug-likeness (QED) is 0.222. The van der Waals surface area contributed by atoms with Gasteiger partial charge in [-0.25, -0.2) is 10.3 Å². The minimum Gasteiger partial charge on any atom is -0.461 e. The maximum atomic E-state index is 13.2. The lowest BCUT2D eigenvalue weighted by atomic mass is 9.80. The van der Waals surface area contributed by atoms with Crippen molar-refractivity contribution in [3.8, 4) is 0 Å². The lowest BCUT2D eigenvalue weighted by Crippen LogP contribution is -2.53. The van der Waals surface area contributed by atoms with Crippen molar-refractivity contribution in [2.24, 2.45) is 23.2 Å². The fourth-order valence-corrected chi connectivity index (χ4v) is 3.80. The summed E-state index contributed by atoms with van der Waals surface area (Å²) in [5.41, 5.74) is 1.10. The summed E-state index contributed by atoms with van der Waals surface area (Å²) in [7, 11) is 0. The van der Waals surface area contributed by atoms with Gasteiger partial charge in [-0.05, 0) is 49.9 Å². The topological polar surface area (TPSA) is 105 Å². The monoisotopic (exact) mass is 410 g/mol. The summed E-state index contributed by atoms with van der Waals surface area (Å²) < 4.78 is 5.65. The molecule has 3 atom stereocenters. The van der Waals surface area contributed by atoms with Crippen LogP contribution in [0.15, 0.2) is 12.7 Å². The predicted octanol–water partition coefficient (Wildman–Crippen LogP) is 3.36. The number of rotatable bonds is 10. The molecule has 1 aliphatic carbocycles. The number of carbonyl (C=O) groups is 3. The van der Waals surface area contributed by atoms with Crippen molar-refractivity contribution in [2.45, 2.75) is 85.3 Å². The third-order valence-corrected chi connectivity index (χ3v) is 5.39. The highest BCUT2D eigenvalue weighted by molar-refractivity contribution is 5.90. The van der Waals surface area contributed by atoms with Gasteiger partial charge in [-0.3, -0.25) is 14.8 Å². The molecular weight excluding hydrogens is 372 g/mol. The first kappa shape index (κ1) is 25.1. The minimum absolute atomic E-state index is 0.0932. The summed E-state index contributed by atoms with van der Waals surface area (Å²) in [5.74, 6) is -2.80. The standard InChI is InChI=1S/C22H38N2O5/c1-7-10-16(20(26)24-28)17(13-14(2)3)19(25)23-18(22(4,5)6)21(27)29-15-11-8-9-12-15/h7,14-18,28H,1,8-13H2,2-6H3,(H,23,25)(H,24,26)/t16-,17+,18+/m0/s1. The molecule has 0 spiro atoms. The van der Waals surface area contributed by atoms with Gasteiger partial charge in [0.15, 0.2) is 0 Å². The molecular formula is C22H38N2O5. The SMILES string of the molecule is C=CC[C@H](C(=O)NO)[C@@H](CC(C)C)C(=O)N[C@H](C(=O)OC1CCCC1)C(C)(C)C. The van der Waals surface area contributed by atoms with Crippen LogP contribution in [0.5, 0.6) is 0 Å². The van der Waals surface area contributed by atoms with Gasteiger partial charge < -0.3 is 10.1 Å². The Labute approximate surface area is 174 Å². The molecule has 1 rings (SSSR count). The van der Waals surface area contributed by atoms with Crippen molar-refractivity contribution in [3.63, 3.8) is 0 Å². The van der Waals surface area contributed by atoms with Crippen LogP contribution in [0.1, 0.15) is 73.1 Å². The zero-order valence-electron chi connectivity index (χ0n) is 18.5. The first-order valence-corrected chi connectivity index (χ1v) is 10.6. The van der Waals surface area contributed by atoms with E-state index in [1.807, 2.05) is 34.6 Å². The molecule has 0 heterocycles. The number of hydrogen-bond donors (Lipinski definition) is 3. The first-order valence-electron chi connectivity index (χ1n) is 10.6. The van der Waals surface area contributed by atoms with Crippen molar-refractivity contribution >= 4 is 17.8 Å². The van der Waals surface area contributed by atoms with E-state index < -0.39 is 41.1 Å². The molecule has 2 amide bonds. The van der Waals surface area contributed by atoms with E-state index in [9.17, 15) is 14.4 Å². The van der Waals surface area contributed by atoms with Gasteiger partial charge in [-0.15, -0.1) is 6.58 Å². The molecule has 1 saturated carbocycles. The minimum atomic E-state index is -0.827. The van der Waals surface area contributed by atoms with E-state index in [0.29, 0.717) is 6.42 Å². The van der Waals surface area contributed by atoms with Crippen LogP contribution in [0.2, 0.25) is 0 Å². The molecule has 7 nitrogen and oxygen atoms in total. The number of hydroxylamine groups is 1. The van der Waals surface area contributed by atoms with Gasteiger partial charge in [0, 0.05) is 0 Å². The molecule has 0 saturated heterocycles. The van der Waals surface area contributed by atoms with Crippen molar-refractivity contribution < 1.29 is 24.3 Å². The zero-order chi connectivity index (χ0) is 22.2. The molecule has 0 unspecified atom stereocenters. The highest BCUT2D eigenvalue weighted by Gasteiger charge is 2.40. The summed E-state index contributed by atoms with van der Waals surface area (Å²) in [4.78, 5) is 38.2. The second-order valence-electron chi connectivity index (χ2n) is 9.49. The van der Waals surface area contributed by atoms with Crippen LogP contribution in [0.4, 0.5) is 0 Å². The molecule has 166 valence electrons. The van der Waals surface area contributed by atoms with Gasteiger partial charge >= 0.3 is 5.97 Å². The van der Waals surface area contributed by atoms with Crippen LogP contribution in [0.25, 0.3) is 0 Å². The van der Waals surface area contributed by atoms with Crippen LogP contribution in [0.3, 0.4) is 0 Å². The lowest BCUT2D eigenvalue weighted by molar-refractivity contribution is -0.156. The molecule has 0 aromatic carbocycles. The van der Waals surface area contributed by atoms with Gasteiger partial charge in [0.2, 0.25) is 11.8 Å². The van der Waals surface area contributed by atoms with E-state index in [4.69, 9.17) is 9.94 Å². The number of carbonyl (C=O) groups excluding carboxylic acids is 3. The normalized spacial score (nSPS) is 18.0. The van der Waals surface area contributed by atoms with Crippen LogP contribution in [0, 0.1) is 23.2 Å². The molecule has 3 N–H and O–H groups in total. The fourth-order valence-electron chi connectivity index (χ4n) is 3.80. The van der Waals surface area contributed by atoms with Crippen LogP contribution < -0.4 is 10.8 Å². The predicted molar refractivity (Wildman–Crippen MR) is 111 cm³/mol. The van der Waals surface area contributed by atoms with E-state index in [2.05, 4.69) is 11.9 Å². The molecule has 1 aliphatic rings. The van der Waals surface area contributed by atoms with Crippen LogP contribution >= 0.6 is 0 Å². The number of nitrogens with one attached hydrogen (secondary N) is 2. The molecule has 1 fully saturated rings. The van der Waals surface area contributed by atoms with E-state index in [0.717, 1.165) is 25.7 Å². The Kier molecular flexibility index (Phi) is 9.83. The van der Waals surface area contributed by atoms with Crippen molar-refractivity contribution in [1.29, 1.82) is 0 Å². The molecule has 29 heavy (non-hydrogen) atoms. The smallest absolute Gasteiger partial charge is 0.329 e. The van der Waals surface area contributed by atoms with Gasteiger partial charge in [0.25, 0.3) is 0 Å². The number of amides is 2. The molecule has 0 aromatic heterocycles. The molecule has 0 bridgehead atoms. The Morgan fingerprint density at radius 1 is 1.14 bits per heavy atom. The Balaban J connectivity index is 3.05. The van der Waals surface area contributed by atoms with Crippen LogP contribution in [-0.2, 0) is 19.1 Å². The van der Waals surface area contributed by atoms with E-state index in [1.165, 1.54) is 0 Å². The second-order valence-corrected chi connectivity index (χ2v) is 9.49. The lowest BCUT2D eigenvalue weighted by Gasteiger charge is -2.33. The number of allylic oxidation sites excluding steroid dienone is 1. The number of hydrogen-bond acceptors (Lipinski definition) is 5. The fraction of sp³-hybridized carbons (Fsp3) is 0.773. The Bertz CT molecular complexity index is 576. The average molecular weight is 411 g/mol. The molecule has 0 aromatic rings. The highest BCUT2D eigenvalue weighted by atomic mass is 16.5. The van der Waals surface area contributed by atoms with E-state index in [-0.39, 0.29) is 18.4 Å². The zero-order valence-corrected chi connectivity index (χ0v) is 18.5. The highest BCUT2D eigenvalue weighted by Crippen LogP contribution is 2.28. The average Bonchev–Trinajstić information content (AvgIpc) is 3.13. The Morgan fingerprint density at radius 2 is 1.72 bits per heavy atom. The largest absolute Gasteiger partial charge is 0.461 e. The maximum Gasteiger partial charge on any atom is 0.329 e. The summed E-state index contributed by atoms with van der Waals surface area (Å²) >= 11 is 0.